The molecule has 1 aromatic carbocycles. The molecule has 0 atom stereocenters. The molecule has 0 aliphatic carbocycles. The molecule has 0 unspecified atom stereocenters. The minimum Gasteiger partial charge on any atom is -0.366 e. The van der Waals surface area contributed by atoms with Crippen molar-refractivity contribution in [2.75, 3.05) is 5.73 Å². The van der Waals surface area contributed by atoms with Crippen molar-refractivity contribution in [3.63, 3.8) is 0 Å². The normalized spacial score (nSPS) is 11.0. The molecule has 90 valence electrons. The van der Waals surface area contributed by atoms with Crippen LogP contribution in [0.25, 0.3) is 16.9 Å². The van der Waals surface area contributed by atoms with Crippen LogP contribution < -0.4 is 5.73 Å². The quantitative estimate of drug-likeness (QED) is 0.716. The smallest absolute Gasteiger partial charge is 0.240 e. The van der Waals surface area contributed by atoms with Crippen LogP contribution in [0.2, 0.25) is 0 Å². The van der Waals surface area contributed by atoms with Gasteiger partial charge in [0.15, 0.2) is 5.65 Å². The Bertz CT molecular complexity index is 716. The number of nitrogens with zero attached hydrogens (tertiary/aromatic N) is 3. The van der Waals surface area contributed by atoms with Crippen LogP contribution in [0.5, 0.6) is 0 Å². The van der Waals surface area contributed by atoms with Gasteiger partial charge < -0.3 is 5.73 Å². The van der Waals surface area contributed by atoms with E-state index < -0.39 is 11.6 Å². The molecule has 0 spiro atoms. The van der Waals surface area contributed by atoms with Gasteiger partial charge in [-0.3, -0.25) is 0 Å². The number of nitrogens with two attached hydrogens (primary N) is 1. The van der Waals surface area contributed by atoms with Crippen molar-refractivity contribution in [1.29, 1.82) is 0 Å². The number of anilines is 1. The first-order valence-electron chi connectivity index (χ1n) is 5.22. The second-order valence-electron chi connectivity index (χ2n) is 3.75. The first-order valence-corrected chi connectivity index (χ1v) is 5.22. The monoisotopic (exact) mass is 246 g/mol. The van der Waals surface area contributed by atoms with E-state index in [0.29, 0.717) is 5.65 Å². The van der Waals surface area contributed by atoms with Gasteiger partial charge in [-0.2, -0.15) is 4.98 Å². The van der Waals surface area contributed by atoms with E-state index in [0.717, 1.165) is 0 Å². The highest BCUT2D eigenvalue weighted by atomic mass is 19.1. The first-order chi connectivity index (χ1) is 8.66. The van der Waals surface area contributed by atoms with Gasteiger partial charge in [-0.25, -0.2) is 13.3 Å². The molecule has 0 fully saturated rings. The molecule has 3 aromatic rings. The molecule has 6 heteroatoms. The number of hydrogen-bond acceptors (Lipinski definition) is 3. The summed E-state index contributed by atoms with van der Waals surface area (Å²) in [5.41, 5.74) is 6.05. The van der Waals surface area contributed by atoms with Crippen molar-refractivity contribution in [3.05, 3.63) is 48.0 Å². The Balaban J connectivity index is 2.38. The first kappa shape index (κ1) is 10.6. The summed E-state index contributed by atoms with van der Waals surface area (Å²) in [5.74, 6) is -1.26. The molecule has 0 bridgehead atoms. The summed E-state index contributed by atoms with van der Waals surface area (Å²) in [4.78, 5) is 3.94. The zero-order chi connectivity index (χ0) is 12.7. The van der Waals surface area contributed by atoms with Gasteiger partial charge >= 0.3 is 0 Å². The average molecular weight is 246 g/mol. The Labute approximate surface area is 101 Å². The molecule has 0 radical (unpaired) electrons. The number of nitrogen functional groups attached to an aromatic ring is 1. The van der Waals surface area contributed by atoms with E-state index in [1.54, 1.807) is 18.2 Å². The van der Waals surface area contributed by atoms with E-state index in [2.05, 4.69) is 10.1 Å². The summed E-state index contributed by atoms with van der Waals surface area (Å²) in [7, 11) is 0. The van der Waals surface area contributed by atoms with Crippen molar-refractivity contribution >= 4 is 11.6 Å². The van der Waals surface area contributed by atoms with Crippen LogP contribution in [0.15, 0.2) is 36.4 Å². The maximum atomic E-state index is 13.7. The molecule has 3 rings (SSSR count). The van der Waals surface area contributed by atoms with E-state index >= 15 is 0 Å². The van der Waals surface area contributed by atoms with E-state index in [4.69, 9.17) is 5.73 Å². The molecular formula is C12H8F2N4. The van der Waals surface area contributed by atoms with E-state index in [1.165, 1.54) is 22.7 Å². The van der Waals surface area contributed by atoms with Crippen molar-refractivity contribution < 1.29 is 8.78 Å². The second kappa shape index (κ2) is 3.76. The van der Waals surface area contributed by atoms with Crippen LogP contribution in [-0.2, 0) is 0 Å². The van der Waals surface area contributed by atoms with Gasteiger partial charge in [0.25, 0.3) is 0 Å². The average Bonchev–Trinajstić information content (AvgIpc) is 2.70. The molecule has 0 amide bonds. The van der Waals surface area contributed by atoms with Crippen LogP contribution in [0, 0.1) is 11.6 Å². The zero-order valence-electron chi connectivity index (χ0n) is 9.14. The largest absolute Gasteiger partial charge is 0.366 e. The van der Waals surface area contributed by atoms with Crippen molar-refractivity contribution in [2.45, 2.75) is 0 Å². The van der Waals surface area contributed by atoms with E-state index in [1.807, 2.05) is 0 Å². The molecule has 0 aliphatic rings. The van der Waals surface area contributed by atoms with Gasteiger partial charge in [0.05, 0.1) is 11.3 Å². The summed E-state index contributed by atoms with van der Waals surface area (Å²) in [5, 5.41) is 3.92. The number of benzene rings is 1. The van der Waals surface area contributed by atoms with Gasteiger partial charge in [0, 0.05) is 0 Å². The highest BCUT2D eigenvalue weighted by Crippen LogP contribution is 2.26. The number of pyridine rings is 1. The fourth-order valence-electron chi connectivity index (χ4n) is 1.85. The molecule has 0 saturated carbocycles. The van der Waals surface area contributed by atoms with Crippen LogP contribution in [0.3, 0.4) is 0 Å². The third kappa shape index (κ3) is 1.50. The third-order valence-corrected chi connectivity index (χ3v) is 2.60. The number of fused-ring (bicyclic) bond motifs is 1. The minimum atomic E-state index is -0.656. The number of rotatable bonds is 1. The highest BCUT2D eigenvalue weighted by molar-refractivity contribution is 5.64. The predicted octanol–water partition coefficient (Wildman–Crippen LogP) is 2.26. The van der Waals surface area contributed by atoms with Crippen molar-refractivity contribution in [2.24, 2.45) is 0 Å². The second-order valence-corrected chi connectivity index (χ2v) is 3.75. The van der Waals surface area contributed by atoms with E-state index in [-0.39, 0.29) is 17.2 Å². The fraction of sp³-hybridized carbons (Fsp3) is 0. The Hall–Kier alpha value is -2.50. The van der Waals surface area contributed by atoms with Crippen molar-refractivity contribution in [3.8, 4) is 11.3 Å². The van der Waals surface area contributed by atoms with Gasteiger partial charge in [0.1, 0.15) is 11.6 Å². The number of hydrogen-bond donors (Lipinski definition) is 1. The number of halogens is 2. The lowest BCUT2D eigenvalue weighted by atomic mass is 10.1. The molecule has 2 aromatic heterocycles. The molecule has 0 saturated heterocycles. The maximum absolute atomic E-state index is 13.7. The topological polar surface area (TPSA) is 56.2 Å². The third-order valence-electron chi connectivity index (χ3n) is 2.60. The lowest BCUT2D eigenvalue weighted by Crippen LogP contribution is -1.98. The maximum Gasteiger partial charge on any atom is 0.240 e. The van der Waals surface area contributed by atoms with Crippen LogP contribution in [0.1, 0.15) is 0 Å². The van der Waals surface area contributed by atoms with Crippen LogP contribution >= 0.6 is 0 Å². The summed E-state index contributed by atoms with van der Waals surface area (Å²) < 4.78 is 28.8. The zero-order valence-corrected chi connectivity index (χ0v) is 9.14. The molecule has 4 nitrogen and oxygen atoms in total. The van der Waals surface area contributed by atoms with Crippen LogP contribution in [0.4, 0.5) is 14.7 Å². The molecular weight excluding hydrogens is 238 g/mol. The van der Waals surface area contributed by atoms with Crippen LogP contribution in [-0.4, -0.2) is 14.6 Å². The van der Waals surface area contributed by atoms with E-state index in [9.17, 15) is 8.78 Å². The Kier molecular flexibility index (Phi) is 2.22. The summed E-state index contributed by atoms with van der Waals surface area (Å²) in [6.45, 7) is 0. The minimum absolute atomic E-state index is 0.0548. The Morgan fingerprint density at radius 2 is 1.67 bits per heavy atom. The van der Waals surface area contributed by atoms with Gasteiger partial charge in [0.2, 0.25) is 5.95 Å². The SMILES string of the molecule is Nc1nc2cccc(-c3c(F)cccc3F)n2n1. The molecule has 2 N–H and O–H groups in total. The Morgan fingerprint density at radius 1 is 1.00 bits per heavy atom. The summed E-state index contributed by atoms with van der Waals surface area (Å²) in [6.07, 6.45) is 0. The standard InChI is InChI=1S/C12H8F2N4/c13-7-3-1-4-8(14)11(7)9-5-2-6-10-16-12(15)17-18(9)10/h1-6H,(H2,15,17). The fourth-order valence-corrected chi connectivity index (χ4v) is 1.85. The van der Waals surface area contributed by atoms with Gasteiger partial charge in [-0.05, 0) is 24.3 Å². The summed E-state index contributed by atoms with van der Waals surface area (Å²) >= 11 is 0. The number of aromatic nitrogens is 3. The molecule has 2 heterocycles. The van der Waals surface area contributed by atoms with Crippen molar-refractivity contribution in [1.82, 2.24) is 14.6 Å². The van der Waals surface area contributed by atoms with Gasteiger partial charge in [-0.15, -0.1) is 5.10 Å². The highest BCUT2D eigenvalue weighted by Gasteiger charge is 2.15. The summed E-state index contributed by atoms with van der Waals surface area (Å²) in [6, 6.07) is 8.55. The lowest BCUT2D eigenvalue weighted by molar-refractivity contribution is 0.587. The van der Waals surface area contributed by atoms with Gasteiger partial charge in [-0.1, -0.05) is 12.1 Å². The lowest BCUT2D eigenvalue weighted by Gasteiger charge is -2.06. The predicted molar refractivity (Wildman–Crippen MR) is 62.8 cm³/mol. The molecule has 0 aliphatic heterocycles. The molecule has 18 heavy (non-hydrogen) atoms. The Morgan fingerprint density at radius 3 is 2.39 bits per heavy atom.